The number of allylic oxidation sites excluding steroid dienone is 6. The molecule has 0 fully saturated rings. The third-order valence-electron chi connectivity index (χ3n) is 5.68. The van der Waals surface area contributed by atoms with Crippen molar-refractivity contribution in [2.75, 3.05) is 0 Å². The summed E-state index contributed by atoms with van der Waals surface area (Å²) < 4.78 is 0. The first-order valence-electron chi connectivity index (χ1n) is 8.81. The van der Waals surface area contributed by atoms with E-state index in [0.717, 1.165) is 11.1 Å². The van der Waals surface area contributed by atoms with Gasteiger partial charge in [-0.25, -0.2) is 0 Å². The topological polar surface area (TPSA) is 80.9 Å². The van der Waals surface area contributed by atoms with Crippen LogP contribution in [0.1, 0.15) is 31.4 Å². The molecule has 1 aromatic carbocycles. The lowest BCUT2D eigenvalue weighted by molar-refractivity contribution is 0.100. The smallest absolute Gasteiger partial charge is 0.134 e. The summed E-state index contributed by atoms with van der Waals surface area (Å²) in [6, 6.07) is 3.28. The molecule has 2 unspecified atom stereocenters. The Morgan fingerprint density at radius 1 is 1.04 bits per heavy atom. The highest BCUT2D eigenvalue weighted by atomic mass is 35.5. The van der Waals surface area contributed by atoms with Crippen LogP contribution in [0.25, 0.3) is 6.08 Å². The molecule has 4 rings (SSSR count). The maximum absolute atomic E-state index is 11.1. The Morgan fingerprint density at radius 2 is 1.78 bits per heavy atom. The number of phenolic OH excluding ortho intramolecular Hbond substituents is 1. The molecule has 0 radical (unpaired) electrons. The lowest BCUT2D eigenvalue weighted by Crippen LogP contribution is -2.35. The average molecular weight is 385 g/mol. The van der Waals surface area contributed by atoms with Crippen LogP contribution in [0.15, 0.2) is 64.7 Å². The van der Waals surface area contributed by atoms with Crippen LogP contribution in [0, 0.1) is 5.41 Å². The predicted molar refractivity (Wildman–Crippen MR) is 106 cm³/mol. The Hall–Kier alpha value is -2.43. The molecule has 140 valence electrons. The van der Waals surface area contributed by atoms with E-state index in [1.165, 1.54) is 6.07 Å². The van der Waals surface area contributed by atoms with Gasteiger partial charge in [0.1, 0.15) is 17.3 Å². The van der Waals surface area contributed by atoms with E-state index >= 15 is 0 Å². The first-order chi connectivity index (χ1) is 12.6. The molecule has 5 heteroatoms. The molecule has 2 atom stereocenters. The molecule has 3 aliphatic rings. The minimum atomic E-state index is -1.26. The van der Waals surface area contributed by atoms with E-state index in [4.69, 9.17) is 11.6 Å². The van der Waals surface area contributed by atoms with Gasteiger partial charge < -0.3 is 20.4 Å². The predicted octanol–water partition coefficient (Wildman–Crippen LogP) is 4.90. The number of benzene rings is 1. The zero-order valence-corrected chi connectivity index (χ0v) is 15.9. The van der Waals surface area contributed by atoms with Gasteiger partial charge in [-0.1, -0.05) is 30.7 Å². The second kappa shape index (κ2) is 5.78. The van der Waals surface area contributed by atoms with Crippen molar-refractivity contribution in [3.05, 3.63) is 80.8 Å². The van der Waals surface area contributed by atoms with Crippen molar-refractivity contribution in [3.8, 4) is 5.75 Å². The van der Waals surface area contributed by atoms with Crippen LogP contribution < -0.4 is 0 Å². The molecule has 0 bridgehead atoms. The molecule has 0 aliphatic heterocycles. The van der Waals surface area contributed by atoms with Crippen LogP contribution >= 0.6 is 11.6 Å². The standard InChI is InChI=1S/C22H21ClO4/c1-21-6-5-14(24)8-13(21)9-19(26)16(10-21)17-7-12-3-4-18(25)20(23)15(12)11-22(17,2)27/h3-5,7-10,24-27H,6,11H2,1-2H3. The molecular formula is C22H21ClO4. The molecule has 1 aromatic rings. The second-order valence-electron chi connectivity index (χ2n) is 7.91. The van der Waals surface area contributed by atoms with Crippen molar-refractivity contribution in [2.24, 2.45) is 5.41 Å². The highest BCUT2D eigenvalue weighted by molar-refractivity contribution is 6.33. The van der Waals surface area contributed by atoms with Crippen LogP contribution in [0.2, 0.25) is 5.02 Å². The summed E-state index contributed by atoms with van der Waals surface area (Å²) >= 11 is 6.22. The number of hydrogen-bond donors (Lipinski definition) is 4. The summed E-state index contributed by atoms with van der Waals surface area (Å²) in [7, 11) is 0. The number of rotatable bonds is 1. The quantitative estimate of drug-likeness (QED) is 0.555. The third-order valence-corrected chi connectivity index (χ3v) is 6.10. The van der Waals surface area contributed by atoms with E-state index in [9.17, 15) is 20.4 Å². The number of hydrogen-bond acceptors (Lipinski definition) is 4. The summed E-state index contributed by atoms with van der Waals surface area (Å²) in [6.45, 7) is 3.71. The maximum Gasteiger partial charge on any atom is 0.134 e. The summed E-state index contributed by atoms with van der Waals surface area (Å²) in [5.41, 5.74) is 1.85. The summed E-state index contributed by atoms with van der Waals surface area (Å²) in [4.78, 5) is 0. The molecule has 3 aliphatic carbocycles. The van der Waals surface area contributed by atoms with E-state index in [1.54, 1.807) is 31.2 Å². The fraction of sp³-hybridized carbons (Fsp3) is 0.273. The molecule has 0 saturated carbocycles. The van der Waals surface area contributed by atoms with Gasteiger partial charge in [0.2, 0.25) is 0 Å². The van der Waals surface area contributed by atoms with Crippen LogP contribution in [0.5, 0.6) is 5.75 Å². The zero-order valence-electron chi connectivity index (χ0n) is 15.1. The molecular weight excluding hydrogens is 364 g/mol. The molecule has 4 N–H and O–H groups in total. The van der Waals surface area contributed by atoms with Crippen LogP contribution in [-0.4, -0.2) is 26.0 Å². The lowest BCUT2D eigenvalue weighted by Gasteiger charge is -2.38. The van der Waals surface area contributed by atoms with E-state index in [1.807, 2.05) is 19.1 Å². The van der Waals surface area contributed by atoms with Gasteiger partial charge in [-0.3, -0.25) is 0 Å². The van der Waals surface area contributed by atoms with E-state index in [2.05, 4.69) is 0 Å². The number of aromatic hydroxyl groups is 1. The van der Waals surface area contributed by atoms with E-state index in [0.29, 0.717) is 23.1 Å². The number of aliphatic hydroxyl groups excluding tert-OH is 2. The lowest BCUT2D eigenvalue weighted by atomic mass is 9.68. The van der Waals surface area contributed by atoms with Gasteiger partial charge in [-0.2, -0.15) is 0 Å². The molecule has 0 aromatic heterocycles. The molecule has 0 saturated heterocycles. The fourth-order valence-electron chi connectivity index (χ4n) is 4.06. The van der Waals surface area contributed by atoms with Crippen LogP contribution in [0.4, 0.5) is 0 Å². The molecule has 27 heavy (non-hydrogen) atoms. The Bertz CT molecular complexity index is 1010. The van der Waals surface area contributed by atoms with Gasteiger partial charge in [0, 0.05) is 17.4 Å². The first-order valence-corrected chi connectivity index (χ1v) is 9.19. The normalized spacial score (nSPS) is 29.6. The molecule has 4 nitrogen and oxygen atoms in total. The number of fused-ring (bicyclic) bond motifs is 2. The summed E-state index contributed by atoms with van der Waals surface area (Å²) in [5, 5.41) is 41.7. The molecule has 0 amide bonds. The van der Waals surface area contributed by atoms with Crippen molar-refractivity contribution in [1.29, 1.82) is 0 Å². The molecule has 0 spiro atoms. The Balaban J connectivity index is 1.86. The van der Waals surface area contributed by atoms with Gasteiger partial charge >= 0.3 is 0 Å². The summed E-state index contributed by atoms with van der Waals surface area (Å²) in [6.07, 6.45) is 9.64. The average Bonchev–Trinajstić information content (AvgIpc) is 2.59. The van der Waals surface area contributed by atoms with Gasteiger partial charge in [0.05, 0.1) is 10.6 Å². The van der Waals surface area contributed by atoms with Crippen LogP contribution in [0.3, 0.4) is 0 Å². The first kappa shape index (κ1) is 18.0. The van der Waals surface area contributed by atoms with Gasteiger partial charge in [0.15, 0.2) is 0 Å². The van der Waals surface area contributed by atoms with E-state index in [-0.39, 0.29) is 34.1 Å². The van der Waals surface area contributed by atoms with Gasteiger partial charge in [0.25, 0.3) is 0 Å². The second-order valence-corrected chi connectivity index (χ2v) is 8.29. The Kier molecular flexibility index (Phi) is 3.85. The largest absolute Gasteiger partial charge is 0.508 e. The minimum absolute atomic E-state index is 0.0150. The van der Waals surface area contributed by atoms with Crippen molar-refractivity contribution in [1.82, 2.24) is 0 Å². The van der Waals surface area contributed by atoms with Gasteiger partial charge in [-0.05, 0) is 66.0 Å². The highest BCUT2D eigenvalue weighted by Gasteiger charge is 2.39. The van der Waals surface area contributed by atoms with E-state index < -0.39 is 5.60 Å². The SMILES string of the molecule is CC1(O)Cc2c(ccc(O)c2Cl)C=C1C1=CC2(C)CC=C(O)C=C2C=C1O. The van der Waals surface area contributed by atoms with Gasteiger partial charge in [-0.15, -0.1) is 0 Å². The Morgan fingerprint density at radius 3 is 2.52 bits per heavy atom. The number of aliphatic hydroxyl groups is 3. The van der Waals surface area contributed by atoms with Crippen LogP contribution in [-0.2, 0) is 6.42 Å². The third kappa shape index (κ3) is 2.80. The Labute approximate surface area is 162 Å². The number of halogens is 1. The minimum Gasteiger partial charge on any atom is -0.508 e. The van der Waals surface area contributed by atoms with Crippen molar-refractivity contribution in [3.63, 3.8) is 0 Å². The highest BCUT2D eigenvalue weighted by Crippen LogP contribution is 2.48. The monoisotopic (exact) mass is 384 g/mol. The zero-order chi connectivity index (χ0) is 19.6. The number of phenols is 1. The van der Waals surface area contributed by atoms with Crippen molar-refractivity contribution in [2.45, 2.75) is 32.3 Å². The van der Waals surface area contributed by atoms with Crippen molar-refractivity contribution >= 4 is 17.7 Å². The molecule has 0 heterocycles. The fourth-order valence-corrected chi connectivity index (χ4v) is 4.30. The maximum atomic E-state index is 11.1. The van der Waals surface area contributed by atoms with Crippen molar-refractivity contribution < 1.29 is 20.4 Å². The summed E-state index contributed by atoms with van der Waals surface area (Å²) in [5.74, 6) is 0.225.